The van der Waals surface area contributed by atoms with E-state index in [1.54, 1.807) is 6.20 Å². The van der Waals surface area contributed by atoms with Gasteiger partial charge in [0.05, 0.1) is 6.61 Å². The lowest BCUT2D eigenvalue weighted by molar-refractivity contribution is -0.149. The number of nitrogens with one attached hydrogen (secondary N) is 3. The summed E-state index contributed by atoms with van der Waals surface area (Å²) in [5, 5.41) is 24.4. The summed E-state index contributed by atoms with van der Waals surface area (Å²) in [4.78, 5) is 54.1. The van der Waals surface area contributed by atoms with E-state index in [1.165, 1.54) is 11.8 Å². The summed E-state index contributed by atoms with van der Waals surface area (Å²) in [6, 6.07) is 3.32. The summed E-state index contributed by atoms with van der Waals surface area (Å²) < 4.78 is 0. The predicted octanol–water partition coefficient (Wildman–Crippen LogP) is -0.905. The average molecular weight is 460 g/mol. The van der Waals surface area contributed by atoms with Gasteiger partial charge in [0, 0.05) is 30.1 Å². The van der Waals surface area contributed by atoms with Gasteiger partial charge in [-0.05, 0) is 31.4 Å². The zero-order valence-corrected chi connectivity index (χ0v) is 18.3. The molecule has 178 valence electrons. The second-order valence-corrected chi connectivity index (χ2v) is 8.17. The second-order valence-electron chi connectivity index (χ2n) is 8.17. The number of carboxylic acid groups (broad SMARTS) is 1. The highest BCUT2D eigenvalue weighted by Crippen LogP contribution is 2.22. The molecule has 2 aromatic rings. The first-order chi connectivity index (χ1) is 15.7. The molecule has 0 aliphatic carbocycles. The number of aliphatic hydroxyl groups excluding tert-OH is 1. The van der Waals surface area contributed by atoms with Gasteiger partial charge in [0.25, 0.3) is 0 Å². The van der Waals surface area contributed by atoms with Gasteiger partial charge in [-0.3, -0.25) is 14.4 Å². The van der Waals surface area contributed by atoms with Crippen LogP contribution in [0.1, 0.15) is 25.3 Å². The van der Waals surface area contributed by atoms with Gasteiger partial charge in [-0.15, -0.1) is 0 Å². The number of carboxylic acids is 1. The minimum absolute atomic E-state index is 0.133. The summed E-state index contributed by atoms with van der Waals surface area (Å²) >= 11 is 0. The molecule has 4 unspecified atom stereocenters. The van der Waals surface area contributed by atoms with Crippen LogP contribution in [-0.4, -0.2) is 81.1 Å². The number of benzene rings is 1. The molecule has 0 saturated carbocycles. The molecule has 1 aliphatic heterocycles. The molecule has 2 heterocycles. The van der Waals surface area contributed by atoms with Crippen molar-refractivity contribution >= 4 is 34.6 Å². The molecule has 3 amide bonds. The second kappa shape index (κ2) is 10.5. The Balaban J connectivity index is 1.82. The molecule has 0 spiro atoms. The Bertz CT molecular complexity index is 1040. The van der Waals surface area contributed by atoms with Gasteiger partial charge in [0.15, 0.2) is 0 Å². The Morgan fingerprint density at radius 1 is 1.21 bits per heavy atom. The Morgan fingerprint density at radius 3 is 2.64 bits per heavy atom. The quantitative estimate of drug-likeness (QED) is 0.281. The predicted molar refractivity (Wildman–Crippen MR) is 119 cm³/mol. The Kier molecular flexibility index (Phi) is 7.67. The summed E-state index contributed by atoms with van der Waals surface area (Å²) in [7, 11) is 0. The van der Waals surface area contributed by atoms with Crippen LogP contribution in [0.4, 0.5) is 0 Å². The third-order valence-electron chi connectivity index (χ3n) is 5.82. The highest BCUT2D eigenvalue weighted by atomic mass is 16.4. The van der Waals surface area contributed by atoms with Crippen molar-refractivity contribution in [1.82, 2.24) is 20.5 Å². The van der Waals surface area contributed by atoms with Crippen LogP contribution in [0.25, 0.3) is 10.9 Å². The number of likely N-dealkylation sites (tertiary alicyclic amines) is 1. The van der Waals surface area contributed by atoms with E-state index in [0.717, 1.165) is 16.5 Å². The number of amides is 3. The van der Waals surface area contributed by atoms with Crippen molar-refractivity contribution in [3.8, 4) is 0 Å². The summed E-state index contributed by atoms with van der Waals surface area (Å²) in [6.45, 7) is 1.14. The van der Waals surface area contributed by atoms with Crippen LogP contribution in [-0.2, 0) is 25.6 Å². The van der Waals surface area contributed by atoms with E-state index in [-0.39, 0.29) is 13.0 Å². The first-order valence-electron chi connectivity index (χ1n) is 10.8. The van der Waals surface area contributed by atoms with E-state index in [9.17, 15) is 24.3 Å². The number of hydrogen-bond donors (Lipinski definition) is 6. The number of hydrogen-bond acceptors (Lipinski definition) is 6. The highest BCUT2D eigenvalue weighted by Gasteiger charge is 2.38. The fourth-order valence-electron chi connectivity index (χ4n) is 3.97. The number of carbonyl (C=O) groups is 4. The maximum absolute atomic E-state index is 13.4. The third kappa shape index (κ3) is 5.49. The highest BCUT2D eigenvalue weighted by molar-refractivity contribution is 5.95. The van der Waals surface area contributed by atoms with E-state index in [4.69, 9.17) is 10.8 Å². The number of nitrogens with zero attached hydrogens (tertiary/aromatic N) is 1. The van der Waals surface area contributed by atoms with Crippen molar-refractivity contribution in [2.24, 2.45) is 5.73 Å². The average Bonchev–Trinajstić information content (AvgIpc) is 3.45. The van der Waals surface area contributed by atoms with Crippen LogP contribution in [0, 0.1) is 0 Å². The smallest absolute Gasteiger partial charge is 0.326 e. The molecule has 1 saturated heterocycles. The van der Waals surface area contributed by atoms with Crippen LogP contribution in [0.2, 0.25) is 0 Å². The minimum Gasteiger partial charge on any atom is -0.480 e. The number of rotatable bonds is 9. The van der Waals surface area contributed by atoms with Crippen molar-refractivity contribution in [1.29, 1.82) is 0 Å². The molecule has 7 N–H and O–H groups in total. The number of para-hydroxylation sites is 1. The molecule has 0 bridgehead atoms. The first-order valence-corrected chi connectivity index (χ1v) is 10.8. The number of fused-ring (bicyclic) bond motifs is 1. The molecular weight excluding hydrogens is 430 g/mol. The molecule has 4 atom stereocenters. The lowest BCUT2D eigenvalue weighted by atomic mass is 10.0. The van der Waals surface area contributed by atoms with E-state index >= 15 is 0 Å². The molecule has 33 heavy (non-hydrogen) atoms. The van der Waals surface area contributed by atoms with Crippen molar-refractivity contribution < 1.29 is 29.4 Å². The minimum atomic E-state index is -1.18. The number of carbonyl (C=O) groups excluding carboxylic acids is 3. The van der Waals surface area contributed by atoms with Gasteiger partial charge in [0.2, 0.25) is 17.7 Å². The van der Waals surface area contributed by atoms with Crippen molar-refractivity contribution in [2.75, 3.05) is 13.2 Å². The molecule has 11 heteroatoms. The van der Waals surface area contributed by atoms with E-state index in [0.29, 0.717) is 12.8 Å². The topological polar surface area (TPSA) is 178 Å². The number of aromatic amines is 1. The number of aliphatic hydroxyl groups is 1. The van der Waals surface area contributed by atoms with Crippen molar-refractivity contribution in [3.05, 3.63) is 36.0 Å². The molecule has 3 rings (SSSR count). The van der Waals surface area contributed by atoms with E-state index in [2.05, 4.69) is 15.6 Å². The maximum atomic E-state index is 13.4. The largest absolute Gasteiger partial charge is 0.480 e. The standard InChI is InChI=1S/C22H29N5O6/c1-12(25-20(30)15(23)11-28)19(29)26-17(21(31)27-8-4-7-18(27)22(32)33)9-13-10-24-16-6-3-2-5-14(13)16/h2-3,5-6,10,12,15,17-18,24,28H,4,7-9,11,23H2,1H3,(H,25,30)(H,26,29)(H,32,33). The number of H-pyrrole nitrogens is 1. The Hall–Kier alpha value is -3.44. The third-order valence-corrected chi connectivity index (χ3v) is 5.82. The summed E-state index contributed by atoms with van der Waals surface area (Å²) in [6.07, 6.45) is 2.79. The number of aliphatic carboxylic acids is 1. The SMILES string of the molecule is CC(NC(=O)C(N)CO)C(=O)NC(Cc1c[nH]c2ccccc12)C(=O)N1CCCC1C(=O)O. The molecule has 0 radical (unpaired) electrons. The van der Waals surface area contributed by atoms with Crippen LogP contribution in [0.3, 0.4) is 0 Å². The van der Waals surface area contributed by atoms with Crippen LogP contribution < -0.4 is 16.4 Å². The lowest BCUT2D eigenvalue weighted by Gasteiger charge is -2.28. The zero-order valence-electron chi connectivity index (χ0n) is 18.3. The normalized spacial score (nSPS) is 18.5. The fourth-order valence-corrected chi connectivity index (χ4v) is 3.97. The van der Waals surface area contributed by atoms with Crippen molar-refractivity contribution in [2.45, 2.75) is 50.4 Å². The van der Waals surface area contributed by atoms with Gasteiger partial charge in [-0.2, -0.15) is 0 Å². The molecule has 1 fully saturated rings. The Morgan fingerprint density at radius 2 is 1.94 bits per heavy atom. The molecule has 1 aromatic carbocycles. The molecule has 11 nitrogen and oxygen atoms in total. The molecule has 1 aliphatic rings. The van der Waals surface area contributed by atoms with Gasteiger partial charge in [-0.1, -0.05) is 18.2 Å². The lowest BCUT2D eigenvalue weighted by Crippen LogP contribution is -2.57. The molecular formula is C22H29N5O6. The maximum Gasteiger partial charge on any atom is 0.326 e. The van der Waals surface area contributed by atoms with Crippen LogP contribution in [0.5, 0.6) is 0 Å². The van der Waals surface area contributed by atoms with E-state index in [1.807, 2.05) is 24.3 Å². The first kappa shape index (κ1) is 24.2. The van der Waals surface area contributed by atoms with Gasteiger partial charge >= 0.3 is 5.97 Å². The van der Waals surface area contributed by atoms with Crippen LogP contribution >= 0.6 is 0 Å². The fraction of sp³-hybridized carbons (Fsp3) is 0.455. The van der Waals surface area contributed by atoms with Gasteiger partial charge < -0.3 is 36.5 Å². The monoisotopic (exact) mass is 459 g/mol. The Labute approximate surface area is 190 Å². The summed E-state index contributed by atoms with van der Waals surface area (Å²) in [5.41, 5.74) is 7.13. The van der Waals surface area contributed by atoms with Gasteiger partial charge in [-0.25, -0.2) is 4.79 Å². The van der Waals surface area contributed by atoms with E-state index < -0.39 is 54.5 Å². The summed E-state index contributed by atoms with van der Waals surface area (Å²) in [5.74, 6) is -2.91. The van der Waals surface area contributed by atoms with Crippen LogP contribution in [0.15, 0.2) is 30.5 Å². The van der Waals surface area contributed by atoms with Crippen molar-refractivity contribution in [3.63, 3.8) is 0 Å². The zero-order chi connectivity index (χ0) is 24.1. The number of nitrogens with two attached hydrogens (primary N) is 1. The van der Waals surface area contributed by atoms with Gasteiger partial charge in [0.1, 0.15) is 24.2 Å². The molecule has 1 aromatic heterocycles. The number of aromatic nitrogens is 1.